The van der Waals surface area contributed by atoms with Gasteiger partial charge < -0.3 is 4.74 Å². The number of amides is 1. The number of carbonyl (C=O) groups excluding carboxylic acids is 1. The molecule has 1 rings (SSSR count). The first kappa shape index (κ1) is 13.2. The second-order valence-electron chi connectivity index (χ2n) is 3.63. The topological polar surface area (TPSA) is 50.7 Å². The van der Waals surface area contributed by atoms with Gasteiger partial charge in [0, 0.05) is 0 Å². The summed E-state index contributed by atoms with van der Waals surface area (Å²) >= 11 is 0. The Bertz CT molecular complexity index is 374. The SMILES string of the molecule is CCCC/C(=N/NC(=O)OC)c1ccccc1. The zero-order valence-electron chi connectivity index (χ0n) is 10.3. The summed E-state index contributed by atoms with van der Waals surface area (Å²) in [5.74, 6) is 0. The highest BCUT2D eigenvalue weighted by Gasteiger charge is 2.04. The molecule has 0 aliphatic rings. The minimum atomic E-state index is -0.546. The van der Waals surface area contributed by atoms with Crippen molar-refractivity contribution in [3.63, 3.8) is 0 Å². The predicted octanol–water partition coefficient (Wildman–Crippen LogP) is 2.94. The van der Waals surface area contributed by atoms with E-state index in [0.717, 1.165) is 30.5 Å². The van der Waals surface area contributed by atoms with Crippen LogP contribution in [0.4, 0.5) is 4.79 Å². The lowest BCUT2D eigenvalue weighted by molar-refractivity contribution is 0.171. The van der Waals surface area contributed by atoms with Crippen molar-refractivity contribution in [1.82, 2.24) is 5.43 Å². The van der Waals surface area contributed by atoms with Gasteiger partial charge in [0.2, 0.25) is 0 Å². The van der Waals surface area contributed by atoms with E-state index in [4.69, 9.17) is 0 Å². The molecule has 0 aromatic heterocycles. The van der Waals surface area contributed by atoms with Crippen molar-refractivity contribution >= 4 is 11.8 Å². The maximum atomic E-state index is 11.0. The van der Waals surface area contributed by atoms with Crippen LogP contribution >= 0.6 is 0 Å². The number of hydrogen-bond donors (Lipinski definition) is 1. The molecule has 0 heterocycles. The minimum Gasteiger partial charge on any atom is -0.452 e. The summed E-state index contributed by atoms with van der Waals surface area (Å²) in [6, 6.07) is 9.82. The predicted molar refractivity (Wildman–Crippen MR) is 68.0 cm³/mol. The first-order valence-corrected chi connectivity index (χ1v) is 5.74. The van der Waals surface area contributed by atoms with Gasteiger partial charge in [-0.2, -0.15) is 5.10 Å². The highest BCUT2D eigenvalue weighted by atomic mass is 16.5. The average molecular weight is 234 g/mol. The number of carbonyl (C=O) groups is 1. The third-order valence-electron chi connectivity index (χ3n) is 2.34. The van der Waals surface area contributed by atoms with E-state index in [2.05, 4.69) is 22.2 Å². The lowest BCUT2D eigenvalue weighted by Crippen LogP contribution is -2.19. The summed E-state index contributed by atoms with van der Waals surface area (Å²) in [6.07, 6.45) is 2.42. The molecule has 0 fully saturated rings. The van der Waals surface area contributed by atoms with Gasteiger partial charge >= 0.3 is 6.09 Å². The number of methoxy groups -OCH3 is 1. The van der Waals surface area contributed by atoms with Crippen LogP contribution in [0.25, 0.3) is 0 Å². The Balaban J connectivity index is 2.76. The molecule has 0 radical (unpaired) electrons. The third kappa shape index (κ3) is 4.68. The van der Waals surface area contributed by atoms with Crippen molar-refractivity contribution in [2.45, 2.75) is 26.2 Å². The van der Waals surface area contributed by atoms with Crippen molar-refractivity contribution in [1.29, 1.82) is 0 Å². The molecule has 0 aliphatic heterocycles. The van der Waals surface area contributed by atoms with Gasteiger partial charge in [-0.3, -0.25) is 0 Å². The molecule has 0 spiro atoms. The fourth-order valence-corrected chi connectivity index (χ4v) is 1.40. The molecule has 0 unspecified atom stereocenters. The smallest absolute Gasteiger partial charge is 0.427 e. The van der Waals surface area contributed by atoms with Crippen LogP contribution in [0.5, 0.6) is 0 Å². The van der Waals surface area contributed by atoms with Gasteiger partial charge in [-0.25, -0.2) is 10.2 Å². The number of unbranched alkanes of at least 4 members (excludes halogenated alkanes) is 1. The van der Waals surface area contributed by atoms with Crippen molar-refractivity contribution in [2.75, 3.05) is 7.11 Å². The monoisotopic (exact) mass is 234 g/mol. The third-order valence-corrected chi connectivity index (χ3v) is 2.34. The van der Waals surface area contributed by atoms with Crippen LogP contribution < -0.4 is 5.43 Å². The Hall–Kier alpha value is -1.84. The molecule has 1 amide bonds. The largest absolute Gasteiger partial charge is 0.452 e. The van der Waals surface area contributed by atoms with Gasteiger partial charge in [-0.1, -0.05) is 43.7 Å². The van der Waals surface area contributed by atoms with Crippen molar-refractivity contribution in [3.8, 4) is 0 Å². The molecule has 4 nitrogen and oxygen atoms in total. The first-order chi connectivity index (χ1) is 8.27. The van der Waals surface area contributed by atoms with Crippen molar-refractivity contribution in [2.24, 2.45) is 5.10 Å². The van der Waals surface area contributed by atoms with Crippen LogP contribution in [0, 0.1) is 0 Å². The molecule has 0 aliphatic carbocycles. The summed E-state index contributed by atoms with van der Waals surface area (Å²) in [7, 11) is 1.32. The van der Waals surface area contributed by atoms with Crippen LogP contribution in [-0.4, -0.2) is 18.9 Å². The van der Waals surface area contributed by atoms with Crippen LogP contribution in [0.1, 0.15) is 31.7 Å². The van der Waals surface area contributed by atoms with Crippen LogP contribution in [-0.2, 0) is 4.74 Å². The van der Waals surface area contributed by atoms with Crippen LogP contribution in [0.3, 0.4) is 0 Å². The Kier molecular flexibility index (Phi) is 5.79. The molecule has 1 aromatic carbocycles. The summed E-state index contributed by atoms with van der Waals surface area (Å²) in [4.78, 5) is 11.0. The number of nitrogens with one attached hydrogen (secondary N) is 1. The highest BCUT2D eigenvalue weighted by molar-refractivity contribution is 6.00. The Morgan fingerprint density at radius 2 is 2.06 bits per heavy atom. The normalized spacial score (nSPS) is 11.1. The van der Waals surface area contributed by atoms with Gasteiger partial charge in [-0.15, -0.1) is 0 Å². The number of rotatable bonds is 5. The zero-order valence-corrected chi connectivity index (χ0v) is 10.3. The van der Waals surface area contributed by atoms with Gasteiger partial charge in [0.25, 0.3) is 0 Å². The summed E-state index contributed by atoms with van der Waals surface area (Å²) in [5.41, 5.74) is 4.26. The molecule has 1 aromatic rings. The molecule has 17 heavy (non-hydrogen) atoms. The van der Waals surface area contributed by atoms with Gasteiger partial charge in [-0.05, 0) is 18.4 Å². The maximum Gasteiger partial charge on any atom is 0.427 e. The molecule has 92 valence electrons. The van der Waals surface area contributed by atoms with Gasteiger partial charge in [0.15, 0.2) is 0 Å². The maximum absolute atomic E-state index is 11.0. The number of benzene rings is 1. The summed E-state index contributed by atoms with van der Waals surface area (Å²) in [5, 5.41) is 4.09. The lowest BCUT2D eigenvalue weighted by Gasteiger charge is -2.06. The molecular weight excluding hydrogens is 216 g/mol. The van der Waals surface area contributed by atoms with E-state index >= 15 is 0 Å². The van der Waals surface area contributed by atoms with E-state index in [9.17, 15) is 4.79 Å². The Labute approximate surface area is 102 Å². The van der Waals surface area contributed by atoms with E-state index in [1.54, 1.807) is 0 Å². The summed E-state index contributed by atoms with van der Waals surface area (Å²) < 4.78 is 4.48. The second kappa shape index (κ2) is 7.44. The number of ether oxygens (including phenoxy) is 1. The molecule has 0 saturated carbocycles. The molecule has 4 heteroatoms. The van der Waals surface area contributed by atoms with Gasteiger partial charge in [0.1, 0.15) is 0 Å². The minimum absolute atomic E-state index is 0.546. The van der Waals surface area contributed by atoms with E-state index < -0.39 is 6.09 Å². The Morgan fingerprint density at radius 1 is 1.35 bits per heavy atom. The number of hydrogen-bond acceptors (Lipinski definition) is 3. The average Bonchev–Trinajstić information content (AvgIpc) is 2.39. The number of nitrogens with zero attached hydrogens (tertiary/aromatic N) is 1. The highest BCUT2D eigenvalue weighted by Crippen LogP contribution is 2.07. The van der Waals surface area contributed by atoms with Crippen molar-refractivity contribution < 1.29 is 9.53 Å². The van der Waals surface area contributed by atoms with Gasteiger partial charge in [0.05, 0.1) is 12.8 Å². The molecule has 1 N–H and O–H groups in total. The van der Waals surface area contributed by atoms with Crippen molar-refractivity contribution in [3.05, 3.63) is 35.9 Å². The fourth-order valence-electron chi connectivity index (χ4n) is 1.40. The van der Waals surface area contributed by atoms with E-state index in [1.807, 2.05) is 30.3 Å². The molecular formula is C13H18N2O2. The number of hydrazone groups is 1. The van der Waals surface area contributed by atoms with E-state index in [-0.39, 0.29) is 0 Å². The van der Waals surface area contributed by atoms with Crippen LogP contribution in [0.2, 0.25) is 0 Å². The standard InChI is InChI=1S/C13H18N2O2/c1-3-4-10-12(14-15-13(16)17-2)11-8-6-5-7-9-11/h5-9H,3-4,10H2,1-2H3,(H,15,16)/b14-12-. The molecule has 0 bridgehead atoms. The van der Waals surface area contributed by atoms with E-state index in [1.165, 1.54) is 7.11 Å². The van der Waals surface area contributed by atoms with Crippen LogP contribution in [0.15, 0.2) is 35.4 Å². The molecule has 0 saturated heterocycles. The first-order valence-electron chi connectivity index (χ1n) is 5.74. The molecule has 0 atom stereocenters. The zero-order chi connectivity index (χ0) is 12.5. The Morgan fingerprint density at radius 3 is 2.65 bits per heavy atom. The quantitative estimate of drug-likeness (QED) is 0.629. The second-order valence-corrected chi connectivity index (χ2v) is 3.63. The lowest BCUT2D eigenvalue weighted by atomic mass is 10.1. The fraction of sp³-hybridized carbons (Fsp3) is 0.385. The van der Waals surface area contributed by atoms with E-state index in [0.29, 0.717) is 0 Å². The summed E-state index contributed by atoms with van der Waals surface area (Å²) in [6.45, 7) is 2.12.